The Morgan fingerprint density at radius 2 is 0.614 bits per heavy atom. The van der Waals surface area contributed by atoms with E-state index in [9.17, 15) is 48.4 Å². The maximum atomic E-state index is 14.8. The highest BCUT2D eigenvalue weighted by Gasteiger charge is 2.41. The Kier molecular flexibility index (Phi) is 25.6. The second-order valence-electron chi connectivity index (χ2n) is 36.1. The van der Waals surface area contributed by atoms with Gasteiger partial charge in [-0.3, -0.25) is 19.2 Å². The van der Waals surface area contributed by atoms with Gasteiger partial charge in [0.05, 0.1) is 160 Å². The number of hydrogen-bond donors (Lipinski definition) is 12. The molecule has 20 heterocycles. The Labute approximate surface area is 796 Å². The molecule has 0 bridgehead atoms. The number of nitrogens with one attached hydrogen (secondary N) is 8. The summed E-state index contributed by atoms with van der Waals surface area (Å²) in [6, 6.07) is 21.1. The number of aromatic nitrogens is 20. The van der Waals surface area contributed by atoms with Crippen molar-refractivity contribution in [1.82, 2.24) is 118 Å². The summed E-state index contributed by atoms with van der Waals surface area (Å²) in [6.45, 7) is 3.23. The van der Waals surface area contributed by atoms with E-state index in [1.54, 1.807) is 85.3 Å². The number of amides is 4. The third kappa shape index (κ3) is 17.0. The van der Waals surface area contributed by atoms with Gasteiger partial charge in [-0.1, -0.05) is 0 Å². The number of carbonyl (C=O) groups is 4. The summed E-state index contributed by atoms with van der Waals surface area (Å²) >= 11 is 0. The van der Waals surface area contributed by atoms with Crippen molar-refractivity contribution in [3.05, 3.63) is 169 Å². The van der Waals surface area contributed by atoms with Crippen molar-refractivity contribution in [1.29, 1.82) is 0 Å². The van der Waals surface area contributed by atoms with Crippen molar-refractivity contribution in [2.75, 3.05) is 117 Å². The molecule has 4 saturated carbocycles. The second kappa shape index (κ2) is 38.9. The largest absolute Gasteiger partial charge is 0.391 e. The number of alkyl halides is 2. The maximum Gasteiger partial charge on any atom is 0.257 e. The zero-order chi connectivity index (χ0) is 96.4. The lowest BCUT2D eigenvalue weighted by molar-refractivity contribution is 0.00443. The highest BCUT2D eigenvalue weighted by Crippen LogP contribution is 2.43. The number of pyridine rings is 4. The molecule has 8 aliphatic rings. The van der Waals surface area contributed by atoms with Crippen LogP contribution < -0.4 is 42.5 Å². The number of nitrogens with zero attached hydrogens (tertiary/aromatic N) is 20. The number of anilines is 4. The molecule has 8 fully saturated rings. The molecule has 16 aromatic heterocycles. The molecular weight excluding hydrogens is 1810 g/mol. The van der Waals surface area contributed by atoms with E-state index in [2.05, 4.69) is 92.0 Å². The van der Waals surface area contributed by atoms with Crippen molar-refractivity contribution in [2.24, 2.45) is 0 Å². The molecule has 16 aromatic rings. The number of hydrogen-bond acceptors (Lipinski definition) is 30. The minimum absolute atomic E-state index is 0.0103. The van der Waals surface area contributed by atoms with Crippen LogP contribution in [0.3, 0.4) is 0 Å². The van der Waals surface area contributed by atoms with Gasteiger partial charge in [0.25, 0.3) is 23.6 Å². The van der Waals surface area contributed by atoms with Crippen molar-refractivity contribution >= 4 is 114 Å². The summed E-state index contributed by atoms with van der Waals surface area (Å²) in [5.74, 6) is 1.41. The zero-order valence-electron chi connectivity index (χ0n) is 77.4. The Bertz CT molecular complexity index is 6560. The lowest BCUT2D eigenvalue weighted by Crippen LogP contribution is -2.50. The second-order valence-corrected chi connectivity index (χ2v) is 36.1. The van der Waals surface area contributed by atoms with Crippen molar-refractivity contribution < 1.29 is 76.8 Å². The molecule has 0 radical (unpaired) electrons. The summed E-state index contributed by atoms with van der Waals surface area (Å²) in [5.41, 5.74) is 11.9. The van der Waals surface area contributed by atoms with Crippen molar-refractivity contribution in [3.63, 3.8) is 0 Å². The SMILES string of the molecule is CNc1cc(-c2cn([C@@H]3CCOC[C@@H]3F)c3ncccc23)nc2c(C(=O)NC3CC[C@H]3O)cnn12.CNc1cc(-c2cn([C@@H]3CCOC[C@@H]3F)c3ncccc23)nc2c(C(=O)N[C@H]3CC[C@H]3O)cnn12.CNc1cc(-c2cn([C@@H]3COC[C@H]3OC)c3ncccc23)nc2c(C(=O)NC3CC[C@H]3O)cnn12.CNc1cc(-c2cn([C@H]3COC[C@@H]3OC)c3ncccc23)nc2c(C(=O)N[C@@H]3CC[C@@H]3O)cnn12. The first-order valence-corrected chi connectivity index (χ1v) is 47.0. The molecule has 4 amide bonds. The van der Waals surface area contributed by atoms with Gasteiger partial charge < -0.3 is 110 Å². The van der Waals surface area contributed by atoms with Gasteiger partial charge in [-0.15, -0.1) is 0 Å². The van der Waals surface area contributed by atoms with Crippen LogP contribution in [0, 0.1) is 0 Å². The third-order valence-electron chi connectivity index (χ3n) is 28.1. The van der Waals surface area contributed by atoms with Crippen LogP contribution in [0.4, 0.5) is 32.1 Å². The first-order valence-electron chi connectivity index (χ1n) is 47.0. The van der Waals surface area contributed by atoms with Crippen LogP contribution in [-0.2, 0) is 28.4 Å². The first-order chi connectivity index (χ1) is 68.3. The molecule has 0 aromatic carbocycles. The van der Waals surface area contributed by atoms with E-state index in [-0.39, 0.29) is 97.4 Å². The fourth-order valence-electron chi connectivity index (χ4n) is 19.5. The predicted octanol–water partition coefficient (Wildman–Crippen LogP) is 7.93. The van der Waals surface area contributed by atoms with Gasteiger partial charge in [0.1, 0.15) is 92.7 Å². The van der Waals surface area contributed by atoms with Crippen LogP contribution in [0.5, 0.6) is 0 Å². The van der Waals surface area contributed by atoms with E-state index < -0.39 is 36.8 Å². The molecule has 16 atom stereocenters. The number of aliphatic hydroxyl groups is 4. The molecule has 4 saturated heterocycles. The molecule has 4 aliphatic carbocycles. The van der Waals surface area contributed by atoms with Crippen LogP contribution in [0.25, 0.3) is 112 Å². The third-order valence-corrected chi connectivity index (χ3v) is 28.1. The van der Waals surface area contributed by atoms with E-state index in [1.807, 2.05) is 107 Å². The van der Waals surface area contributed by atoms with E-state index in [0.29, 0.717) is 180 Å². The summed E-state index contributed by atoms with van der Waals surface area (Å²) < 4.78 is 77.2. The standard InChI is InChI=1S/2C24H26FN7O3.2C24H27N7O4/c2*1-26-21-9-18(29-23-14(10-28-32(21)23)24(34)30-17-4-5-20(17)33)15-11-31(19-6-8-35-12-16(19)25)22-13(15)3-2-7-27-22;2*1-25-21-8-17(28-23-14(9-27-31(21)23)24(33)29-16-5-6-19(16)32)15-10-30(18-11-35-12-20(18)34-2)22-13(15)4-3-7-26-22/h2*2-3,7,9-11,16-17,19-20,26,33H,4-6,8,12H2,1H3,(H,30,34);2*3-4,7-10,16,18-20,25,32H,5-6,11-12H2,1-2H3,(H,29,33)/t16-,17?,19+,20+;16-,17-,19+,20+;16?,18-,19-,20-;16-,18+,19+,20+/m0011/s1. The Hall–Kier alpha value is -14.2. The monoisotopic (exact) mass is 1910 g/mol. The molecule has 0 spiro atoms. The number of halogens is 2. The van der Waals surface area contributed by atoms with Crippen LogP contribution >= 0.6 is 0 Å². The van der Waals surface area contributed by atoms with Gasteiger partial charge >= 0.3 is 0 Å². The highest BCUT2D eigenvalue weighted by atomic mass is 19.1. The van der Waals surface area contributed by atoms with E-state index in [4.69, 9.17) is 48.4 Å². The fraction of sp³-hybridized carbons (Fsp3) is 0.417. The van der Waals surface area contributed by atoms with E-state index in [1.165, 1.54) is 24.8 Å². The molecule has 2 unspecified atom stereocenters. The van der Waals surface area contributed by atoms with Gasteiger partial charge in [0.2, 0.25) is 0 Å². The summed E-state index contributed by atoms with van der Waals surface area (Å²) in [7, 11) is 10.5. The van der Waals surface area contributed by atoms with E-state index in [0.717, 1.165) is 80.8 Å². The summed E-state index contributed by atoms with van der Waals surface area (Å²) in [5, 5.41) is 84.6. The molecule has 728 valence electrons. The zero-order valence-corrected chi connectivity index (χ0v) is 77.4. The average molecular weight is 1910 g/mol. The van der Waals surface area contributed by atoms with Crippen LogP contribution in [0.2, 0.25) is 0 Å². The van der Waals surface area contributed by atoms with Crippen LogP contribution in [0.15, 0.2) is 147 Å². The molecule has 4 aliphatic heterocycles. The number of fused-ring (bicyclic) bond motifs is 8. The smallest absolute Gasteiger partial charge is 0.257 e. The normalized spacial score (nSPS) is 24.3. The van der Waals surface area contributed by atoms with Gasteiger partial charge in [-0.25, -0.2) is 48.7 Å². The van der Waals surface area contributed by atoms with Gasteiger partial charge in [-0.2, -0.15) is 38.5 Å². The Balaban J connectivity index is 0.000000111. The number of aliphatic hydroxyl groups excluding tert-OH is 4. The maximum absolute atomic E-state index is 14.8. The number of methoxy groups -OCH3 is 2. The molecule has 42 nitrogen and oxygen atoms in total. The Morgan fingerprint density at radius 1 is 0.350 bits per heavy atom. The minimum atomic E-state index is -1.13. The highest BCUT2D eigenvalue weighted by molar-refractivity contribution is 6.05. The predicted molar refractivity (Wildman–Crippen MR) is 511 cm³/mol. The summed E-state index contributed by atoms with van der Waals surface area (Å²) in [6.07, 6.45) is 23.1. The lowest BCUT2D eigenvalue weighted by atomic mass is 9.89. The lowest BCUT2D eigenvalue weighted by Gasteiger charge is -2.32. The van der Waals surface area contributed by atoms with Gasteiger partial charge in [0, 0.05) is 173 Å². The minimum Gasteiger partial charge on any atom is -0.391 e. The number of carbonyl (C=O) groups excluding carboxylic acids is 4. The topological polar surface area (TPSA) is 493 Å². The fourth-order valence-corrected chi connectivity index (χ4v) is 19.5. The molecule has 12 N–H and O–H groups in total. The summed E-state index contributed by atoms with van der Waals surface area (Å²) in [4.78, 5) is 89.7. The Morgan fingerprint density at radius 3 is 0.843 bits per heavy atom. The van der Waals surface area contributed by atoms with Crippen molar-refractivity contribution in [2.45, 2.75) is 162 Å². The van der Waals surface area contributed by atoms with Crippen molar-refractivity contribution in [3.8, 4) is 45.0 Å². The van der Waals surface area contributed by atoms with Gasteiger partial charge in [0.15, 0.2) is 22.6 Å². The van der Waals surface area contributed by atoms with Crippen LogP contribution in [0.1, 0.15) is 130 Å². The molecule has 24 rings (SSSR count). The average Bonchev–Trinajstić information content (AvgIpc) is 1.60. The van der Waals surface area contributed by atoms with Crippen LogP contribution in [-0.4, -0.2) is 309 Å². The van der Waals surface area contributed by atoms with Gasteiger partial charge in [-0.05, 0) is 113 Å². The molecular formula is C96H106F2N28O14. The number of rotatable bonds is 22. The molecule has 44 heteroatoms. The quantitative estimate of drug-likeness (QED) is 0.0306. The van der Waals surface area contributed by atoms with E-state index >= 15 is 0 Å². The first kappa shape index (κ1) is 92.2. The molecule has 140 heavy (non-hydrogen) atoms. The number of ether oxygens (including phenoxy) is 6.